The summed E-state index contributed by atoms with van der Waals surface area (Å²) in [4.78, 5) is 2.41. The lowest BCUT2D eigenvalue weighted by Gasteiger charge is -2.29. The summed E-state index contributed by atoms with van der Waals surface area (Å²) in [7, 11) is 0. The first-order valence-electron chi connectivity index (χ1n) is 10.0. The fourth-order valence-corrected chi connectivity index (χ4v) is 4.17. The van der Waals surface area contributed by atoms with Crippen molar-refractivity contribution in [1.82, 2.24) is 0 Å². The van der Waals surface area contributed by atoms with E-state index in [0.717, 1.165) is 0 Å². The van der Waals surface area contributed by atoms with E-state index in [1.165, 1.54) is 49.7 Å². The molecule has 0 atom stereocenters. The van der Waals surface area contributed by atoms with Crippen LogP contribution in [0.5, 0.6) is 0 Å². The van der Waals surface area contributed by atoms with Crippen molar-refractivity contribution in [3.05, 3.63) is 114 Å². The van der Waals surface area contributed by atoms with Crippen LogP contribution < -0.4 is 4.90 Å². The van der Waals surface area contributed by atoms with Crippen LogP contribution in [0.3, 0.4) is 0 Å². The Kier molecular flexibility index (Phi) is 4.29. The van der Waals surface area contributed by atoms with Crippen LogP contribution >= 0.6 is 0 Å². The highest BCUT2D eigenvalue weighted by Gasteiger charge is 2.18. The number of rotatable bonds is 3. The predicted octanol–water partition coefficient (Wildman–Crippen LogP) is 8.08. The SMILES string of the molecule is Cc1cccc(N(c2cccc(C)c2)c2c3ccccc3cc3ccccc23)c1. The summed E-state index contributed by atoms with van der Waals surface area (Å²) in [6.07, 6.45) is 0. The van der Waals surface area contributed by atoms with E-state index >= 15 is 0 Å². The van der Waals surface area contributed by atoms with Crippen molar-refractivity contribution in [1.29, 1.82) is 0 Å². The van der Waals surface area contributed by atoms with E-state index in [1.807, 2.05) is 0 Å². The van der Waals surface area contributed by atoms with Gasteiger partial charge in [-0.3, -0.25) is 0 Å². The summed E-state index contributed by atoms with van der Waals surface area (Å²) in [5.74, 6) is 0. The van der Waals surface area contributed by atoms with Crippen LogP contribution in [0, 0.1) is 13.8 Å². The maximum atomic E-state index is 2.41. The molecular weight excluding hydrogens is 350 g/mol. The molecule has 0 saturated carbocycles. The summed E-state index contributed by atoms with van der Waals surface area (Å²) in [5, 5.41) is 5.03. The molecular formula is C28H23N. The lowest BCUT2D eigenvalue weighted by molar-refractivity contribution is 1.28. The number of fused-ring (bicyclic) bond motifs is 2. The van der Waals surface area contributed by atoms with E-state index in [9.17, 15) is 0 Å². The maximum Gasteiger partial charge on any atom is 0.0618 e. The van der Waals surface area contributed by atoms with E-state index < -0.39 is 0 Å². The van der Waals surface area contributed by atoms with Gasteiger partial charge in [-0.15, -0.1) is 0 Å². The van der Waals surface area contributed by atoms with Gasteiger partial charge in [0, 0.05) is 22.1 Å². The maximum absolute atomic E-state index is 2.41. The minimum Gasteiger partial charge on any atom is -0.309 e. The first kappa shape index (κ1) is 17.5. The van der Waals surface area contributed by atoms with Gasteiger partial charge in [0.15, 0.2) is 0 Å². The molecule has 0 amide bonds. The van der Waals surface area contributed by atoms with Crippen molar-refractivity contribution in [3.63, 3.8) is 0 Å². The van der Waals surface area contributed by atoms with Crippen LogP contribution in [-0.2, 0) is 0 Å². The molecule has 0 N–H and O–H groups in total. The van der Waals surface area contributed by atoms with Gasteiger partial charge in [-0.05, 0) is 66.1 Å². The second kappa shape index (κ2) is 7.10. The fourth-order valence-electron chi connectivity index (χ4n) is 4.17. The predicted molar refractivity (Wildman–Crippen MR) is 126 cm³/mol. The third-order valence-electron chi connectivity index (χ3n) is 5.49. The van der Waals surface area contributed by atoms with E-state index in [1.54, 1.807) is 0 Å². The molecule has 0 aromatic heterocycles. The van der Waals surface area contributed by atoms with E-state index in [2.05, 4.69) is 122 Å². The molecule has 5 aromatic rings. The molecule has 0 aliphatic carbocycles. The monoisotopic (exact) mass is 373 g/mol. The smallest absolute Gasteiger partial charge is 0.0618 e. The minimum atomic E-state index is 1.18. The number of nitrogens with zero attached hydrogens (tertiary/aromatic N) is 1. The van der Waals surface area contributed by atoms with Gasteiger partial charge in [0.25, 0.3) is 0 Å². The van der Waals surface area contributed by atoms with Crippen LogP contribution in [0.2, 0.25) is 0 Å². The van der Waals surface area contributed by atoms with Crippen LogP contribution in [0.4, 0.5) is 17.1 Å². The fraction of sp³-hybridized carbons (Fsp3) is 0.0714. The summed E-state index contributed by atoms with van der Waals surface area (Å²) in [6.45, 7) is 4.30. The highest BCUT2D eigenvalue weighted by molar-refractivity contribution is 6.14. The van der Waals surface area contributed by atoms with Gasteiger partial charge >= 0.3 is 0 Å². The zero-order chi connectivity index (χ0) is 19.8. The number of anilines is 3. The van der Waals surface area contributed by atoms with E-state index in [0.29, 0.717) is 0 Å². The molecule has 29 heavy (non-hydrogen) atoms. The Morgan fingerprint density at radius 2 is 0.966 bits per heavy atom. The van der Waals surface area contributed by atoms with Crippen molar-refractivity contribution in [2.75, 3.05) is 4.90 Å². The molecule has 0 spiro atoms. The quantitative estimate of drug-likeness (QED) is 0.289. The Balaban J connectivity index is 1.93. The first-order chi connectivity index (χ1) is 14.2. The van der Waals surface area contributed by atoms with Gasteiger partial charge in [-0.1, -0.05) is 72.8 Å². The van der Waals surface area contributed by atoms with Gasteiger partial charge in [-0.2, -0.15) is 0 Å². The molecule has 0 saturated heterocycles. The average molecular weight is 373 g/mol. The summed E-state index contributed by atoms with van der Waals surface area (Å²) >= 11 is 0. The standard InChI is InChI=1S/C28H23N/c1-20-9-7-13-24(17-20)29(25-14-8-10-21(2)18-25)28-26-15-5-3-11-22(26)19-23-12-4-6-16-27(23)28/h3-19H,1-2H3. The van der Waals surface area contributed by atoms with Gasteiger partial charge in [0.2, 0.25) is 0 Å². The van der Waals surface area contributed by atoms with Crippen LogP contribution in [0.15, 0.2) is 103 Å². The van der Waals surface area contributed by atoms with E-state index in [-0.39, 0.29) is 0 Å². The Morgan fingerprint density at radius 3 is 1.45 bits per heavy atom. The normalized spacial score (nSPS) is 11.1. The van der Waals surface area contributed by atoms with Gasteiger partial charge in [0.1, 0.15) is 0 Å². The van der Waals surface area contributed by atoms with Gasteiger partial charge in [-0.25, -0.2) is 0 Å². The molecule has 0 bridgehead atoms. The largest absolute Gasteiger partial charge is 0.309 e. The topological polar surface area (TPSA) is 3.24 Å². The second-order valence-corrected chi connectivity index (χ2v) is 7.68. The molecule has 140 valence electrons. The Labute approximate surface area is 171 Å². The number of hydrogen-bond donors (Lipinski definition) is 0. The summed E-state index contributed by atoms with van der Waals surface area (Å²) in [6, 6.07) is 37.2. The third kappa shape index (κ3) is 3.15. The van der Waals surface area contributed by atoms with Crippen molar-refractivity contribution >= 4 is 38.6 Å². The molecule has 1 nitrogen and oxygen atoms in total. The molecule has 0 radical (unpaired) electrons. The lowest BCUT2D eigenvalue weighted by atomic mass is 9.99. The third-order valence-corrected chi connectivity index (χ3v) is 5.49. The lowest BCUT2D eigenvalue weighted by Crippen LogP contribution is -2.11. The van der Waals surface area contributed by atoms with E-state index in [4.69, 9.17) is 0 Å². The summed E-state index contributed by atoms with van der Waals surface area (Å²) < 4.78 is 0. The minimum absolute atomic E-state index is 1.18. The van der Waals surface area contributed by atoms with Crippen molar-refractivity contribution in [2.24, 2.45) is 0 Å². The first-order valence-corrected chi connectivity index (χ1v) is 10.0. The van der Waals surface area contributed by atoms with Crippen molar-refractivity contribution < 1.29 is 0 Å². The van der Waals surface area contributed by atoms with Crippen LogP contribution in [0.25, 0.3) is 21.5 Å². The number of aryl methyl sites for hydroxylation is 2. The van der Waals surface area contributed by atoms with Gasteiger partial charge < -0.3 is 4.90 Å². The zero-order valence-corrected chi connectivity index (χ0v) is 16.8. The molecule has 0 aliphatic heterocycles. The highest BCUT2D eigenvalue weighted by Crippen LogP contribution is 2.43. The number of hydrogen-bond acceptors (Lipinski definition) is 1. The molecule has 0 unspecified atom stereocenters. The average Bonchev–Trinajstić information content (AvgIpc) is 2.74. The Hall–Kier alpha value is -3.58. The molecule has 0 fully saturated rings. The molecule has 0 aliphatic rings. The Bertz CT molecular complexity index is 1230. The zero-order valence-electron chi connectivity index (χ0n) is 16.8. The van der Waals surface area contributed by atoms with Gasteiger partial charge in [0.05, 0.1) is 5.69 Å². The Morgan fingerprint density at radius 1 is 0.483 bits per heavy atom. The van der Waals surface area contributed by atoms with Crippen molar-refractivity contribution in [2.45, 2.75) is 13.8 Å². The second-order valence-electron chi connectivity index (χ2n) is 7.68. The summed E-state index contributed by atoms with van der Waals surface area (Å²) in [5.41, 5.74) is 6.10. The molecule has 0 heterocycles. The van der Waals surface area contributed by atoms with Crippen LogP contribution in [-0.4, -0.2) is 0 Å². The van der Waals surface area contributed by atoms with Crippen LogP contribution in [0.1, 0.15) is 11.1 Å². The molecule has 5 aromatic carbocycles. The highest BCUT2D eigenvalue weighted by atomic mass is 15.1. The number of benzene rings is 5. The van der Waals surface area contributed by atoms with Crippen molar-refractivity contribution in [3.8, 4) is 0 Å². The molecule has 5 rings (SSSR count). The molecule has 1 heteroatoms.